The number of rotatable bonds is 11. The van der Waals surface area contributed by atoms with E-state index in [1.54, 1.807) is 53.4 Å². The smallest absolute Gasteiger partial charge is 0.410 e. The number of amides is 2. The van der Waals surface area contributed by atoms with Gasteiger partial charge in [-0.3, -0.25) is 9.00 Å². The van der Waals surface area contributed by atoms with Crippen LogP contribution in [0.2, 0.25) is 10.0 Å². The first-order valence-corrected chi connectivity index (χ1v) is 20.8. The standard InChI is InChI=1S/C41H51Cl2N3O8S/c1-41(2,3)54-40(50)46(24-26-13-8-6-9-14-26)27-19-21-45(22-20-27)33(47)23-31-35(38(48)52-4)37(34-29(42)17-12-18-30(34)43)36(39(49)53-5)32(44-31)25-55(51)28-15-10-7-11-16-28/h7,10-12,15-18,26-27,37,44H,6,8-9,13-14,19-25H2,1-5H3/t37-,55-/m0/s1. The van der Waals surface area contributed by atoms with Gasteiger partial charge in [-0.1, -0.05) is 66.7 Å². The molecule has 0 spiro atoms. The first kappa shape index (κ1) is 42.3. The van der Waals surface area contributed by atoms with Crippen molar-refractivity contribution in [1.29, 1.82) is 0 Å². The van der Waals surface area contributed by atoms with Crippen molar-refractivity contribution in [3.8, 4) is 0 Å². The average molecular weight is 817 g/mol. The lowest BCUT2D eigenvalue weighted by molar-refractivity contribution is -0.137. The van der Waals surface area contributed by atoms with Gasteiger partial charge in [-0.05, 0) is 76.6 Å². The van der Waals surface area contributed by atoms with Crippen LogP contribution in [0.4, 0.5) is 4.79 Å². The zero-order valence-corrected chi connectivity index (χ0v) is 34.5. The minimum absolute atomic E-state index is 0.0283. The number of hydrogen-bond acceptors (Lipinski definition) is 9. The van der Waals surface area contributed by atoms with E-state index < -0.39 is 34.3 Å². The molecule has 2 atom stereocenters. The number of benzene rings is 2. The molecule has 3 aliphatic rings. The molecule has 1 aliphatic carbocycles. The van der Waals surface area contributed by atoms with E-state index in [0.29, 0.717) is 43.3 Å². The fourth-order valence-electron chi connectivity index (χ4n) is 7.66. The Morgan fingerprint density at radius 2 is 1.42 bits per heavy atom. The number of piperidine rings is 1. The van der Waals surface area contributed by atoms with Crippen LogP contribution in [0.3, 0.4) is 0 Å². The average Bonchev–Trinajstić information content (AvgIpc) is 3.16. The third-order valence-corrected chi connectivity index (χ3v) is 12.3. The van der Waals surface area contributed by atoms with Crippen molar-refractivity contribution in [2.45, 2.75) is 94.6 Å². The van der Waals surface area contributed by atoms with Crippen molar-refractivity contribution in [3.63, 3.8) is 0 Å². The zero-order valence-electron chi connectivity index (χ0n) is 32.2. The lowest BCUT2D eigenvalue weighted by Crippen LogP contribution is -2.51. The largest absolute Gasteiger partial charge is 0.466 e. The topological polar surface area (TPSA) is 132 Å². The second kappa shape index (κ2) is 18.8. The summed E-state index contributed by atoms with van der Waals surface area (Å²) in [4.78, 5) is 59.3. The highest BCUT2D eigenvalue weighted by Gasteiger charge is 2.43. The van der Waals surface area contributed by atoms with Gasteiger partial charge in [0.25, 0.3) is 0 Å². The van der Waals surface area contributed by atoms with E-state index in [1.165, 1.54) is 20.6 Å². The van der Waals surface area contributed by atoms with Crippen LogP contribution in [0.1, 0.15) is 83.6 Å². The fourth-order valence-corrected chi connectivity index (χ4v) is 9.39. The number of nitrogens with zero attached hydrogens (tertiary/aromatic N) is 2. The van der Waals surface area contributed by atoms with Crippen LogP contribution in [0, 0.1) is 5.92 Å². The third-order valence-electron chi connectivity index (χ3n) is 10.3. The Morgan fingerprint density at radius 1 is 0.836 bits per heavy atom. The van der Waals surface area contributed by atoms with E-state index in [4.69, 9.17) is 37.4 Å². The molecule has 0 bridgehead atoms. The lowest BCUT2D eigenvalue weighted by Gasteiger charge is -2.41. The first-order chi connectivity index (χ1) is 26.2. The monoisotopic (exact) mass is 815 g/mol. The molecular formula is C41H51Cl2N3O8S. The normalized spacial score (nSPS) is 19.0. The van der Waals surface area contributed by atoms with Gasteiger partial charge in [0.1, 0.15) is 5.60 Å². The Labute approximate surface area is 336 Å². The molecule has 0 aromatic heterocycles. The number of likely N-dealkylation sites (tertiary alicyclic amines) is 1. The van der Waals surface area contributed by atoms with Gasteiger partial charge >= 0.3 is 18.0 Å². The second-order valence-corrected chi connectivity index (χ2v) is 17.5. The Kier molecular flexibility index (Phi) is 14.5. The highest BCUT2D eigenvalue weighted by atomic mass is 35.5. The molecule has 14 heteroatoms. The van der Waals surface area contributed by atoms with Crippen LogP contribution in [0.5, 0.6) is 0 Å². The molecule has 2 aliphatic heterocycles. The van der Waals surface area contributed by atoms with Crippen molar-refractivity contribution in [1.82, 2.24) is 15.1 Å². The van der Waals surface area contributed by atoms with Crippen LogP contribution >= 0.6 is 23.2 Å². The maximum Gasteiger partial charge on any atom is 0.410 e. The number of nitrogens with one attached hydrogen (secondary N) is 1. The third kappa shape index (κ3) is 10.5. The molecule has 2 fully saturated rings. The predicted octanol–water partition coefficient (Wildman–Crippen LogP) is 7.54. The molecule has 298 valence electrons. The summed E-state index contributed by atoms with van der Waals surface area (Å²) in [5, 5.41) is 3.50. The molecule has 2 aromatic rings. The maximum atomic E-state index is 14.2. The molecule has 1 saturated heterocycles. The van der Waals surface area contributed by atoms with E-state index in [1.807, 2.05) is 25.7 Å². The van der Waals surface area contributed by atoms with Crippen LogP contribution in [-0.2, 0) is 39.4 Å². The van der Waals surface area contributed by atoms with E-state index in [9.17, 15) is 23.4 Å². The van der Waals surface area contributed by atoms with Crippen LogP contribution in [0.25, 0.3) is 0 Å². The molecule has 1 N–H and O–H groups in total. The number of hydrogen-bond donors (Lipinski definition) is 1. The molecule has 2 amide bonds. The summed E-state index contributed by atoms with van der Waals surface area (Å²) in [6, 6.07) is 13.4. The number of carbonyl (C=O) groups excluding carboxylic acids is 4. The van der Waals surface area contributed by atoms with Gasteiger partial charge in [0, 0.05) is 57.6 Å². The van der Waals surface area contributed by atoms with E-state index in [2.05, 4.69) is 5.32 Å². The fraction of sp³-hybridized carbons (Fsp3) is 0.512. The molecule has 2 aromatic carbocycles. The molecule has 2 heterocycles. The van der Waals surface area contributed by atoms with Crippen molar-refractivity contribution < 1.29 is 37.6 Å². The van der Waals surface area contributed by atoms with Gasteiger partial charge in [-0.25, -0.2) is 14.4 Å². The summed E-state index contributed by atoms with van der Waals surface area (Å²) in [6.45, 7) is 6.96. The molecule has 0 radical (unpaired) electrons. The van der Waals surface area contributed by atoms with Gasteiger partial charge < -0.3 is 29.3 Å². The van der Waals surface area contributed by atoms with Gasteiger partial charge in [0.05, 0.1) is 54.3 Å². The summed E-state index contributed by atoms with van der Waals surface area (Å²) >= 11 is 13.5. The Balaban J connectivity index is 1.47. The Morgan fingerprint density at radius 3 is 1.98 bits per heavy atom. The minimum Gasteiger partial charge on any atom is -0.466 e. The molecule has 5 rings (SSSR count). The lowest BCUT2D eigenvalue weighted by atomic mass is 9.79. The number of halogens is 2. The van der Waals surface area contributed by atoms with Crippen molar-refractivity contribution in [2.24, 2.45) is 5.92 Å². The highest BCUT2D eigenvalue weighted by molar-refractivity contribution is 7.85. The van der Waals surface area contributed by atoms with Gasteiger partial charge in [-0.15, -0.1) is 0 Å². The van der Waals surface area contributed by atoms with E-state index in [-0.39, 0.29) is 68.4 Å². The van der Waals surface area contributed by atoms with Crippen molar-refractivity contribution in [2.75, 3.05) is 39.6 Å². The summed E-state index contributed by atoms with van der Waals surface area (Å²) in [5.41, 5.74) is -0.113. The Bertz CT molecular complexity index is 1810. The van der Waals surface area contributed by atoms with Crippen molar-refractivity contribution >= 4 is 57.9 Å². The number of esters is 2. The van der Waals surface area contributed by atoms with E-state index >= 15 is 0 Å². The highest BCUT2D eigenvalue weighted by Crippen LogP contribution is 2.45. The van der Waals surface area contributed by atoms with Crippen LogP contribution in [0.15, 0.2) is 76.0 Å². The van der Waals surface area contributed by atoms with Gasteiger partial charge in [0.15, 0.2) is 0 Å². The number of carbonyl (C=O) groups is 4. The number of dihydropyridines is 1. The molecule has 55 heavy (non-hydrogen) atoms. The number of methoxy groups -OCH3 is 2. The zero-order chi connectivity index (χ0) is 39.9. The van der Waals surface area contributed by atoms with Gasteiger partial charge in [-0.2, -0.15) is 0 Å². The molecular weight excluding hydrogens is 765 g/mol. The van der Waals surface area contributed by atoms with Crippen LogP contribution in [-0.4, -0.2) is 89.2 Å². The SMILES string of the molecule is COC(=O)C1=C(CC(=O)N2CCC(N(CC3CCCCC3)C(=O)OC(C)(C)C)CC2)NC(C[S@](=O)c2ccccc2)=C(C(=O)OC)[C@H]1c1c(Cl)cccc1Cl. The molecule has 0 unspecified atom stereocenters. The maximum absolute atomic E-state index is 14.2. The summed E-state index contributed by atoms with van der Waals surface area (Å²) in [6.07, 6.45) is 6.18. The van der Waals surface area contributed by atoms with Crippen LogP contribution < -0.4 is 5.32 Å². The second-order valence-electron chi connectivity index (χ2n) is 15.2. The quantitative estimate of drug-likeness (QED) is 0.181. The van der Waals surface area contributed by atoms with Gasteiger partial charge in [0.2, 0.25) is 5.91 Å². The first-order valence-electron chi connectivity index (χ1n) is 18.8. The van der Waals surface area contributed by atoms with Crippen molar-refractivity contribution in [3.05, 3.63) is 86.7 Å². The molecule has 11 nitrogen and oxygen atoms in total. The Hall–Kier alpha value is -3.87. The predicted molar refractivity (Wildman–Crippen MR) is 212 cm³/mol. The number of ether oxygens (including phenoxy) is 3. The summed E-state index contributed by atoms with van der Waals surface area (Å²) in [5.74, 6) is -2.88. The summed E-state index contributed by atoms with van der Waals surface area (Å²) < 4.78 is 30.1. The minimum atomic E-state index is -1.65. The molecule has 1 saturated carbocycles. The van der Waals surface area contributed by atoms with E-state index in [0.717, 1.165) is 25.7 Å². The summed E-state index contributed by atoms with van der Waals surface area (Å²) in [7, 11) is 0.758.